The van der Waals surface area contributed by atoms with Crippen molar-refractivity contribution in [3.05, 3.63) is 0 Å². The van der Waals surface area contributed by atoms with Crippen LogP contribution in [-0.2, 0) is 32.7 Å². The number of rotatable bonds is 8. The van der Waals surface area contributed by atoms with Crippen molar-refractivity contribution in [2.24, 2.45) is 0 Å². The number of carbonyl (C=O) groups is 2. The van der Waals surface area contributed by atoms with Crippen LogP contribution in [0.15, 0.2) is 0 Å². The highest BCUT2D eigenvalue weighted by atomic mass is 31.1. The van der Waals surface area contributed by atoms with E-state index in [0.717, 1.165) is 0 Å². The lowest BCUT2D eigenvalue weighted by Crippen LogP contribution is -2.17. The van der Waals surface area contributed by atoms with Gasteiger partial charge in [-0.1, -0.05) is 0 Å². The Hall–Kier alpha value is -0.910. The van der Waals surface area contributed by atoms with E-state index in [-0.39, 0.29) is 12.2 Å². The fourth-order valence-corrected chi connectivity index (χ4v) is 1.43. The Kier molecular flexibility index (Phi) is 8.62. The van der Waals surface area contributed by atoms with Crippen LogP contribution in [0.25, 0.3) is 0 Å². The lowest BCUT2D eigenvalue weighted by molar-refractivity contribution is -0.150. The zero-order valence-corrected chi connectivity index (χ0v) is 11.9. The molecule has 8 heteroatoms. The molecule has 0 rings (SSSR count). The maximum atomic E-state index is 11.1. The predicted molar refractivity (Wildman–Crippen MR) is 63.4 cm³/mol. The van der Waals surface area contributed by atoms with Crippen LogP contribution in [0.4, 0.5) is 0 Å². The SMILES string of the molecule is CC(C)OC(=O)CO[PH](=O)OCC(=O)OC(C)C. The van der Waals surface area contributed by atoms with Crippen LogP contribution in [0.1, 0.15) is 27.7 Å². The molecule has 0 saturated heterocycles. The summed E-state index contributed by atoms with van der Waals surface area (Å²) in [6.45, 7) is 5.77. The fourth-order valence-electron chi connectivity index (χ4n) is 0.871. The third kappa shape index (κ3) is 10.3. The number of hydrogen-bond acceptors (Lipinski definition) is 7. The van der Waals surface area contributed by atoms with Gasteiger partial charge in [0, 0.05) is 0 Å². The molecular formula is C10H19O7P. The molecule has 0 saturated carbocycles. The van der Waals surface area contributed by atoms with Gasteiger partial charge in [0.1, 0.15) is 0 Å². The molecule has 0 fully saturated rings. The highest BCUT2D eigenvalue weighted by Gasteiger charge is 2.11. The normalized spacial score (nSPS) is 11.1. The van der Waals surface area contributed by atoms with Crippen LogP contribution in [0.2, 0.25) is 0 Å². The third-order valence-electron chi connectivity index (χ3n) is 1.35. The van der Waals surface area contributed by atoms with Gasteiger partial charge in [-0.3, -0.25) is 13.6 Å². The largest absolute Gasteiger partial charge is 0.461 e. The molecule has 0 radical (unpaired) electrons. The van der Waals surface area contributed by atoms with Gasteiger partial charge < -0.3 is 9.47 Å². The van der Waals surface area contributed by atoms with Crippen molar-refractivity contribution in [2.45, 2.75) is 39.9 Å². The fraction of sp³-hybridized carbons (Fsp3) is 0.800. The van der Waals surface area contributed by atoms with Gasteiger partial charge in [0.15, 0.2) is 13.2 Å². The first-order chi connectivity index (χ1) is 8.31. The minimum absolute atomic E-state index is 0.273. The van der Waals surface area contributed by atoms with E-state index in [1.807, 2.05) is 0 Å². The maximum Gasteiger partial charge on any atom is 0.332 e. The Morgan fingerprint density at radius 3 is 1.50 bits per heavy atom. The van der Waals surface area contributed by atoms with E-state index in [1.165, 1.54) is 0 Å². The average Bonchev–Trinajstić information content (AvgIpc) is 2.21. The minimum atomic E-state index is -2.90. The molecule has 0 aromatic rings. The summed E-state index contributed by atoms with van der Waals surface area (Å²) in [6.07, 6.45) is -0.546. The Bertz CT molecular complexity index is 273. The first kappa shape index (κ1) is 17.1. The van der Waals surface area contributed by atoms with Gasteiger partial charge in [-0.05, 0) is 27.7 Å². The topological polar surface area (TPSA) is 88.1 Å². The standard InChI is InChI=1S/C10H19O7P/c1-7(2)16-9(11)5-14-18(13)15-6-10(12)17-8(3)4/h7-8,18H,5-6H2,1-4H3. The summed E-state index contributed by atoms with van der Waals surface area (Å²) in [5.41, 5.74) is 0. The van der Waals surface area contributed by atoms with Gasteiger partial charge >= 0.3 is 20.2 Å². The molecule has 7 nitrogen and oxygen atoms in total. The number of hydrogen-bond donors (Lipinski definition) is 0. The molecule has 0 aliphatic heterocycles. The summed E-state index contributed by atoms with van der Waals surface area (Å²) in [7, 11) is -2.90. The van der Waals surface area contributed by atoms with Crippen LogP contribution in [0.5, 0.6) is 0 Å². The van der Waals surface area contributed by atoms with Crippen molar-refractivity contribution in [2.75, 3.05) is 13.2 Å². The second-order valence-corrected chi connectivity index (χ2v) is 4.98. The van der Waals surface area contributed by atoms with Crippen molar-refractivity contribution in [1.82, 2.24) is 0 Å². The molecule has 106 valence electrons. The second kappa shape index (κ2) is 9.08. The molecule has 18 heavy (non-hydrogen) atoms. The zero-order chi connectivity index (χ0) is 14.1. The van der Waals surface area contributed by atoms with Crippen LogP contribution < -0.4 is 0 Å². The Morgan fingerprint density at radius 1 is 0.889 bits per heavy atom. The van der Waals surface area contributed by atoms with Crippen molar-refractivity contribution >= 4 is 20.2 Å². The number of carbonyl (C=O) groups excluding carboxylic acids is 2. The van der Waals surface area contributed by atoms with Crippen molar-refractivity contribution in [3.8, 4) is 0 Å². The molecule has 0 aliphatic carbocycles. The molecule has 0 bridgehead atoms. The summed E-state index contributed by atoms with van der Waals surface area (Å²) in [5.74, 6) is -1.28. The quantitative estimate of drug-likeness (QED) is 0.490. The van der Waals surface area contributed by atoms with E-state index >= 15 is 0 Å². The molecular weight excluding hydrogens is 263 g/mol. The molecule has 0 amide bonds. The average molecular weight is 282 g/mol. The minimum Gasteiger partial charge on any atom is -0.461 e. The van der Waals surface area contributed by atoms with Crippen molar-refractivity contribution in [1.29, 1.82) is 0 Å². The first-order valence-corrected chi connectivity index (χ1v) is 6.72. The van der Waals surface area contributed by atoms with E-state index < -0.39 is 33.4 Å². The monoisotopic (exact) mass is 282 g/mol. The van der Waals surface area contributed by atoms with Crippen LogP contribution >= 0.6 is 8.25 Å². The Labute approximate surface area is 107 Å². The van der Waals surface area contributed by atoms with E-state index in [2.05, 4.69) is 9.05 Å². The molecule has 0 aromatic carbocycles. The molecule has 0 spiro atoms. The second-order valence-electron chi connectivity index (χ2n) is 3.90. The van der Waals surface area contributed by atoms with Gasteiger partial charge in [0.2, 0.25) is 0 Å². The Balaban J connectivity index is 3.72. The van der Waals surface area contributed by atoms with Crippen LogP contribution in [0, 0.1) is 0 Å². The van der Waals surface area contributed by atoms with E-state index in [4.69, 9.17) is 9.47 Å². The molecule has 0 N–H and O–H groups in total. The van der Waals surface area contributed by atoms with Gasteiger partial charge in [-0.15, -0.1) is 0 Å². The third-order valence-corrected chi connectivity index (χ3v) is 2.11. The lowest BCUT2D eigenvalue weighted by atomic mass is 10.5. The van der Waals surface area contributed by atoms with Gasteiger partial charge in [-0.2, -0.15) is 0 Å². The highest BCUT2D eigenvalue weighted by molar-refractivity contribution is 7.33. The Morgan fingerprint density at radius 2 is 1.22 bits per heavy atom. The summed E-state index contributed by atoms with van der Waals surface area (Å²) in [4.78, 5) is 22.0. The molecule has 0 unspecified atom stereocenters. The summed E-state index contributed by atoms with van der Waals surface area (Å²) in [6, 6.07) is 0. The summed E-state index contributed by atoms with van der Waals surface area (Å²) in [5, 5.41) is 0. The lowest BCUT2D eigenvalue weighted by Gasteiger charge is -2.09. The smallest absolute Gasteiger partial charge is 0.332 e. The summed E-state index contributed by atoms with van der Waals surface area (Å²) >= 11 is 0. The van der Waals surface area contributed by atoms with Gasteiger partial charge in [0.25, 0.3) is 0 Å². The molecule has 0 aromatic heterocycles. The molecule has 0 aliphatic rings. The molecule has 0 atom stereocenters. The summed E-state index contributed by atoms with van der Waals surface area (Å²) < 4.78 is 29.8. The predicted octanol–water partition coefficient (Wildman–Crippen LogP) is 1.31. The van der Waals surface area contributed by atoms with Crippen molar-refractivity contribution in [3.63, 3.8) is 0 Å². The van der Waals surface area contributed by atoms with E-state index in [0.29, 0.717) is 0 Å². The number of ether oxygens (including phenoxy) is 2. The van der Waals surface area contributed by atoms with Crippen molar-refractivity contribution < 1.29 is 32.7 Å². The zero-order valence-electron chi connectivity index (χ0n) is 10.9. The van der Waals surface area contributed by atoms with Crippen LogP contribution in [0.3, 0.4) is 0 Å². The number of esters is 2. The highest BCUT2D eigenvalue weighted by Crippen LogP contribution is 2.23. The van der Waals surface area contributed by atoms with E-state index in [9.17, 15) is 14.2 Å². The molecule has 0 heterocycles. The van der Waals surface area contributed by atoms with Crippen LogP contribution in [-0.4, -0.2) is 37.4 Å². The van der Waals surface area contributed by atoms with Gasteiger partial charge in [0.05, 0.1) is 12.2 Å². The van der Waals surface area contributed by atoms with E-state index in [1.54, 1.807) is 27.7 Å². The first-order valence-electron chi connectivity index (χ1n) is 5.49. The van der Waals surface area contributed by atoms with Gasteiger partial charge in [-0.25, -0.2) is 9.59 Å². The maximum absolute atomic E-state index is 11.1.